The molecule has 0 saturated carbocycles. The van der Waals surface area contributed by atoms with Crippen LogP contribution in [0.3, 0.4) is 0 Å². The van der Waals surface area contributed by atoms with Gasteiger partial charge >= 0.3 is 5.97 Å². The normalized spacial score (nSPS) is 12.8. The van der Waals surface area contributed by atoms with Crippen LogP contribution in [-0.4, -0.2) is 30.3 Å². The molecule has 0 spiro atoms. The Kier molecular flexibility index (Phi) is 6.99. The minimum absolute atomic E-state index is 0.353. The average Bonchev–Trinajstić information content (AvgIpc) is 2.51. The van der Waals surface area contributed by atoms with Gasteiger partial charge in [0.2, 0.25) is 0 Å². The summed E-state index contributed by atoms with van der Waals surface area (Å²) in [5, 5.41) is 18.7. The second-order valence-electron chi connectivity index (χ2n) is 7.15. The van der Waals surface area contributed by atoms with Crippen molar-refractivity contribution in [3.63, 3.8) is 0 Å². The number of ketones is 1. The lowest BCUT2D eigenvalue weighted by Crippen LogP contribution is -2.50. The number of aliphatic hydroxyl groups is 1. The maximum absolute atomic E-state index is 11.2. The maximum Gasteiger partial charge on any atom is 0.376 e. The summed E-state index contributed by atoms with van der Waals surface area (Å²) in [7, 11) is -2.14. The summed E-state index contributed by atoms with van der Waals surface area (Å²) in [5.74, 6) is -2.53. The SMILES string of the molecule is CC(C)[Si](Oc1cccc(C(O)=CC(=O)C(=O)O)c1)(C(C)C)C(C)C. The molecule has 0 atom stereocenters. The Morgan fingerprint density at radius 1 is 1.00 bits per heavy atom. The van der Waals surface area contributed by atoms with E-state index in [2.05, 4.69) is 41.5 Å². The molecule has 0 aliphatic heterocycles. The van der Waals surface area contributed by atoms with E-state index < -0.39 is 20.1 Å². The number of carboxylic acids is 1. The van der Waals surface area contributed by atoms with Crippen LogP contribution in [0.25, 0.3) is 5.76 Å². The van der Waals surface area contributed by atoms with Crippen molar-refractivity contribution in [3.05, 3.63) is 35.9 Å². The highest BCUT2D eigenvalue weighted by Crippen LogP contribution is 2.42. The molecule has 0 aliphatic rings. The third-order valence-electron chi connectivity index (χ3n) is 4.61. The van der Waals surface area contributed by atoms with E-state index in [-0.39, 0.29) is 5.76 Å². The van der Waals surface area contributed by atoms with E-state index in [0.29, 0.717) is 34.0 Å². The van der Waals surface area contributed by atoms with Crippen molar-refractivity contribution < 1.29 is 24.2 Å². The molecule has 0 heterocycles. The number of aliphatic carboxylic acids is 1. The molecule has 0 saturated heterocycles. The van der Waals surface area contributed by atoms with Gasteiger partial charge in [-0.2, -0.15) is 0 Å². The van der Waals surface area contributed by atoms with Crippen molar-refractivity contribution >= 4 is 25.8 Å². The van der Waals surface area contributed by atoms with E-state index in [1.165, 1.54) is 0 Å². The summed E-state index contributed by atoms with van der Waals surface area (Å²) in [5.41, 5.74) is 1.54. The molecule has 1 aromatic carbocycles. The van der Waals surface area contributed by atoms with E-state index >= 15 is 0 Å². The number of hydrogen-bond donors (Lipinski definition) is 2. The van der Waals surface area contributed by atoms with Gasteiger partial charge in [0, 0.05) is 11.6 Å². The molecule has 25 heavy (non-hydrogen) atoms. The first-order valence-corrected chi connectivity index (χ1v) is 10.6. The molecule has 2 N–H and O–H groups in total. The van der Waals surface area contributed by atoms with Crippen LogP contribution in [0.4, 0.5) is 0 Å². The third-order valence-corrected chi connectivity index (χ3v) is 10.6. The van der Waals surface area contributed by atoms with Crippen LogP contribution in [0.15, 0.2) is 30.3 Å². The van der Waals surface area contributed by atoms with Gasteiger partial charge in [0.15, 0.2) is 0 Å². The molecule has 5 nitrogen and oxygen atoms in total. The van der Waals surface area contributed by atoms with Gasteiger partial charge < -0.3 is 14.6 Å². The minimum Gasteiger partial charge on any atom is -0.543 e. The molecule has 0 aromatic heterocycles. The fourth-order valence-electron chi connectivity index (χ4n) is 3.55. The minimum atomic E-state index is -2.14. The van der Waals surface area contributed by atoms with Gasteiger partial charge in [-0.05, 0) is 28.8 Å². The highest BCUT2D eigenvalue weighted by atomic mass is 28.4. The predicted octanol–water partition coefficient (Wildman–Crippen LogP) is 4.79. The van der Waals surface area contributed by atoms with Crippen LogP contribution in [0.2, 0.25) is 16.6 Å². The Morgan fingerprint density at radius 2 is 1.52 bits per heavy atom. The standard InChI is InChI=1S/C19H28O5Si/c1-12(2)25(13(3)4,14(5)6)24-16-9-7-8-15(10-16)17(20)11-18(21)19(22)23/h7-14,20H,1-6H3,(H,22,23). The monoisotopic (exact) mass is 364 g/mol. The summed E-state index contributed by atoms with van der Waals surface area (Å²) in [4.78, 5) is 21.9. The first-order valence-electron chi connectivity index (χ1n) is 8.49. The van der Waals surface area contributed by atoms with Gasteiger partial charge in [-0.15, -0.1) is 0 Å². The lowest BCUT2D eigenvalue weighted by atomic mass is 10.1. The molecule has 1 aromatic rings. The zero-order valence-corrected chi connectivity index (χ0v) is 16.7. The van der Waals surface area contributed by atoms with Crippen LogP contribution in [-0.2, 0) is 9.59 Å². The van der Waals surface area contributed by atoms with Crippen LogP contribution in [0.1, 0.15) is 47.1 Å². The molecule has 0 fully saturated rings. The van der Waals surface area contributed by atoms with Crippen LogP contribution in [0.5, 0.6) is 5.75 Å². The van der Waals surface area contributed by atoms with E-state index in [1.54, 1.807) is 18.2 Å². The molecule has 0 amide bonds. The first kappa shape index (κ1) is 21.0. The Morgan fingerprint density at radius 3 is 1.96 bits per heavy atom. The van der Waals surface area contributed by atoms with Gasteiger partial charge in [-0.1, -0.05) is 53.7 Å². The molecule has 0 aliphatic carbocycles. The number of rotatable bonds is 8. The number of benzene rings is 1. The zero-order chi connectivity index (χ0) is 19.4. The van der Waals surface area contributed by atoms with Gasteiger partial charge in [0.1, 0.15) is 11.5 Å². The fourth-order valence-corrected chi connectivity index (χ4v) is 8.79. The highest BCUT2D eigenvalue weighted by molar-refractivity contribution is 6.78. The largest absolute Gasteiger partial charge is 0.543 e. The number of hydrogen-bond acceptors (Lipinski definition) is 4. The molecule has 1 rings (SSSR count). The number of aliphatic hydroxyl groups excluding tert-OH is 1. The summed E-state index contributed by atoms with van der Waals surface area (Å²) < 4.78 is 6.53. The quantitative estimate of drug-likeness (QED) is 0.300. The van der Waals surface area contributed by atoms with Crippen molar-refractivity contribution in [2.45, 2.75) is 58.2 Å². The molecular formula is C19H28O5Si. The van der Waals surface area contributed by atoms with E-state index in [4.69, 9.17) is 9.53 Å². The smallest absolute Gasteiger partial charge is 0.376 e. The highest BCUT2D eigenvalue weighted by Gasteiger charge is 2.46. The van der Waals surface area contributed by atoms with E-state index in [0.717, 1.165) is 0 Å². The fraction of sp³-hybridized carbons (Fsp3) is 0.474. The number of carboxylic acid groups (broad SMARTS) is 1. The van der Waals surface area contributed by atoms with Gasteiger partial charge in [0.05, 0.1) is 0 Å². The number of carbonyl (C=O) groups excluding carboxylic acids is 1. The Balaban J connectivity index is 3.24. The van der Waals surface area contributed by atoms with Gasteiger partial charge in [0.25, 0.3) is 14.1 Å². The third kappa shape index (κ3) is 4.72. The lowest BCUT2D eigenvalue weighted by molar-refractivity contribution is -0.146. The lowest BCUT2D eigenvalue weighted by Gasteiger charge is -2.42. The summed E-state index contributed by atoms with van der Waals surface area (Å²) in [6.45, 7) is 13.1. The van der Waals surface area contributed by atoms with Gasteiger partial charge in [-0.3, -0.25) is 4.79 Å². The van der Waals surface area contributed by atoms with Crippen LogP contribution >= 0.6 is 0 Å². The first-order chi connectivity index (χ1) is 11.5. The van der Waals surface area contributed by atoms with Crippen molar-refractivity contribution in [1.29, 1.82) is 0 Å². The maximum atomic E-state index is 11.2. The molecule has 6 heteroatoms. The van der Waals surface area contributed by atoms with Crippen molar-refractivity contribution in [2.75, 3.05) is 0 Å². The second-order valence-corrected chi connectivity index (χ2v) is 12.5. The Bertz CT molecular complexity index is 640. The predicted molar refractivity (Wildman–Crippen MR) is 101 cm³/mol. The number of carbonyl (C=O) groups is 2. The molecule has 0 unspecified atom stereocenters. The summed E-state index contributed by atoms with van der Waals surface area (Å²) in [6.07, 6.45) is 0.708. The Hall–Kier alpha value is -2.08. The van der Waals surface area contributed by atoms with Crippen LogP contribution < -0.4 is 4.43 Å². The topological polar surface area (TPSA) is 83.8 Å². The van der Waals surface area contributed by atoms with Crippen molar-refractivity contribution in [1.82, 2.24) is 0 Å². The second kappa shape index (κ2) is 8.34. The molecule has 0 bridgehead atoms. The van der Waals surface area contributed by atoms with Crippen LogP contribution in [0, 0.1) is 0 Å². The van der Waals surface area contributed by atoms with Gasteiger partial charge in [-0.25, -0.2) is 4.79 Å². The average molecular weight is 365 g/mol. The van der Waals surface area contributed by atoms with E-state index in [9.17, 15) is 14.7 Å². The summed E-state index contributed by atoms with van der Waals surface area (Å²) >= 11 is 0. The van der Waals surface area contributed by atoms with E-state index in [1.807, 2.05) is 6.07 Å². The summed E-state index contributed by atoms with van der Waals surface area (Å²) in [6, 6.07) is 6.80. The van der Waals surface area contributed by atoms with Crippen molar-refractivity contribution in [2.24, 2.45) is 0 Å². The van der Waals surface area contributed by atoms with Crippen molar-refractivity contribution in [3.8, 4) is 5.75 Å². The zero-order valence-electron chi connectivity index (χ0n) is 15.7. The molecule has 138 valence electrons. The molecular weight excluding hydrogens is 336 g/mol. The Labute approximate surface area is 150 Å². The molecule has 0 radical (unpaired) electrons.